The van der Waals surface area contributed by atoms with Crippen molar-refractivity contribution in [3.8, 4) is 11.1 Å². The number of amides is 1. The molecule has 1 aliphatic rings. The molecular weight excluding hydrogens is 472 g/mol. The first-order valence-electron chi connectivity index (χ1n) is 13.3. The van der Waals surface area contributed by atoms with E-state index < -0.39 is 5.97 Å². The van der Waals surface area contributed by atoms with E-state index in [0.29, 0.717) is 6.54 Å². The molecule has 5 rings (SSSR count). The Morgan fingerprint density at radius 3 is 2.47 bits per heavy atom. The summed E-state index contributed by atoms with van der Waals surface area (Å²) in [4.78, 5) is 27.3. The van der Waals surface area contributed by atoms with Crippen LogP contribution < -0.4 is 4.90 Å². The van der Waals surface area contributed by atoms with Crippen molar-refractivity contribution in [3.05, 3.63) is 96.2 Å². The summed E-state index contributed by atoms with van der Waals surface area (Å²) >= 11 is 0. The average Bonchev–Trinajstić information content (AvgIpc) is 3.35. The minimum Gasteiger partial charge on any atom is -0.466 e. The molecule has 0 radical (unpaired) electrons. The van der Waals surface area contributed by atoms with Gasteiger partial charge in [0.15, 0.2) is 0 Å². The molecule has 1 heterocycles. The molecule has 0 unspecified atom stereocenters. The van der Waals surface area contributed by atoms with Crippen molar-refractivity contribution in [1.29, 1.82) is 0 Å². The molecule has 1 fully saturated rings. The molecule has 0 aliphatic heterocycles. The molecule has 1 aromatic heterocycles. The van der Waals surface area contributed by atoms with Crippen LogP contribution in [0.5, 0.6) is 0 Å². The Hall–Kier alpha value is -4.12. The van der Waals surface area contributed by atoms with E-state index in [1.807, 2.05) is 29.2 Å². The molecule has 0 bridgehead atoms. The number of anilines is 1. The third-order valence-corrected chi connectivity index (χ3v) is 7.53. The fourth-order valence-corrected chi connectivity index (χ4v) is 5.34. The lowest BCUT2D eigenvalue weighted by Gasteiger charge is -2.30. The molecule has 1 saturated carbocycles. The summed E-state index contributed by atoms with van der Waals surface area (Å²) in [6, 6.07) is 25.0. The van der Waals surface area contributed by atoms with Crippen molar-refractivity contribution < 1.29 is 14.3 Å². The number of nitrogens with zero attached hydrogens (tertiary/aromatic N) is 2. The number of rotatable bonds is 7. The highest BCUT2D eigenvalue weighted by atomic mass is 16.5. The first kappa shape index (κ1) is 25.5. The lowest BCUT2D eigenvalue weighted by Crippen LogP contribution is -2.36. The van der Waals surface area contributed by atoms with E-state index in [2.05, 4.69) is 66.3 Å². The zero-order valence-corrected chi connectivity index (χ0v) is 22.1. The van der Waals surface area contributed by atoms with Gasteiger partial charge in [-0.3, -0.25) is 4.79 Å². The number of carbonyl (C=O) groups is 2. The second-order valence-electron chi connectivity index (χ2n) is 10.1. The Morgan fingerprint density at radius 2 is 1.71 bits per heavy atom. The van der Waals surface area contributed by atoms with Gasteiger partial charge in [-0.05, 0) is 71.5 Å². The van der Waals surface area contributed by atoms with Crippen LogP contribution in [-0.2, 0) is 27.9 Å². The number of ether oxygens (including phenoxy) is 1. The van der Waals surface area contributed by atoms with E-state index in [-0.39, 0.29) is 11.8 Å². The Labute approximate surface area is 224 Å². The van der Waals surface area contributed by atoms with Crippen LogP contribution in [0.2, 0.25) is 0 Å². The summed E-state index contributed by atoms with van der Waals surface area (Å²) in [6.45, 7) is 0.498. The van der Waals surface area contributed by atoms with Gasteiger partial charge in [0.1, 0.15) is 0 Å². The van der Waals surface area contributed by atoms with Crippen molar-refractivity contribution in [3.63, 3.8) is 0 Å². The largest absolute Gasteiger partial charge is 0.466 e. The third kappa shape index (κ3) is 5.72. The summed E-state index contributed by atoms with van der Waals surface area (Å²) < 4.78 is 6.84. The average molecular weight is 507 g/mol. The van der Waals surface area contributed by atoms with Gasteiger partial charge in [-0.1, -0.05) is 61.7 Å². The molecular formula is C33H34N2O3. The van der Waals surface area contributed by atoms with Crippen LogP contribution in [0.25, 0.3) is 28.1 Å². The number of esters is 1. The minimum absolute atomic E-state index is 0.0508. The predicted molar refractivity (Wildman–Crippen MR) is 154 cm³/mol. The number of aromatic nitrogens is 1. The Kier molecular flexibility index (Phi) is 7.73. The van der Waals surface area contributed by atoms with Gasteiger partial charge in [0, 0.05) is 41.8 Å². The van der Waals surface area contributed by atoms with Crippen molar-refractivity contribution in [2.75, 3.05) is 12.0 Å². The highest BCUT2D eigenvalue weighted by Crippen LogP contribution is 2.30. The van der Waals surface area contributed by atoms with Gasteiger partial charge < -0.3 is 14.2 Å². The topological polar surface area (TPSA) is 51.5 Å². The zero-order valence-electron chi connectivity index (χ0n) is 22.1. The highest BCUT2D eigenvalue weighted by Gasteiger charge is 2.27. The van der Waals surface area contributed by atoms with Crippen LogP contribution >= 0.6 is 0 Å². The Balaban J connectivity index is 1.41. The molecule has 194 valence electrons. The minimum atomic E-state index is -0.406. The Morgan fingerprint density at radius 1 is 0.947 bits per heavy atom. The SMILES string of the molecule is COC(=O)/C=C/c1cccc(N(Cc2ccc(-c3ccc4c(ccn4C)c3)cc2)C(=O)C2CCCCC2)c1. The van der Waals surface area contributed by atoms with E-state index in [9.17, 15) is 9.59 Å². The van der Waals surface area contributed by atoms with Gasteiger partial charge >= 0.3 is 5.97 Å². The molecule has 38 heavy (non-hydrogen) atoms. The number of benzene rings is 3. The zero-order chi connectivity index (χ0) is 26.5. The number of aryl methyl sites for hydroxylation is 1. The summed E-state index contributed by atoms with van der Waals surface area (Å²) in [6.07, 6.45) is 10.5. The standard InChI is InChI=1S/C33H34N2O3/c1-34-20-19-29-22-28(16-17-31(29)34)26-14-11-25(12-15-26)23-35(33(37)27-8-4-3-5-9-27)30-10-6-7-24(21-30)13-18-32(36)38-2/h6-7,10-22,27H,3-5,8-9,23H2,1-2H3/b18-13+. The van der Waals surface area contributed by atoms with Crippen LogP contribution in [0.4, 0.5) is 5.69 Å². The quantitative estimate of drug-likeness (QED) is 0.198. The molecule has 0 saturated heterocycles. The fourth-order valence-electron chi connectivity index (χ4n) is 5.34. The molecule has 4 aromatic rings. The van der Waals surface area contributed by atoms with Crippen molar-refractivity contribution >= 4 is 34.5 Å². The molecule has 3 aromatic carbocycles. The number of fused-ring (bicyclic) bond motifs is 1. The van der Waals surface area contributed by atoms with Crippen molar-refractivity contribution in [2.45, 2.75) is 38.6 Å². The van der Waals surface area contributed by atoms with E-state index >= 15 is 0 Å². The van der Waals surface area contributed by atoms with Crippen molar-refractivity contribution in [2.24, 2.45) is 13.0 Å². The van der Waals surface area contributed by atoms with Crippen LogP contribution in [0.3, 0.4) is 0 Å². The lowest BCUT2D eigenvalue weighted by atomic mass is 9.88. The predicted octanol–water partition coefficient (Wildman–Crippen LogP) is 7.15. The molecule has 5 heteroatoms. The number of hydrogen-bond donors (Lipinski definition) is 0. The van der Waals surface area contributed by atoms with Gasteiger partial charge in [-0.25, -0.2) is 4.79 Å². The summed E-state index contributed by atoms with van der Waals surface area (Å²) in [5, 5.41) is 1.22. The van der Waals surface area contributed by atoms with Crippen LogP contribution in [0, 0.1) is 5.92 Å². The maximum Gasteiger partial charge on any atom is 0.330 e. The first-order valence-corrected chi connectivity index (χ1v) is 13.3. The second kappa shape index (κ2) is 11.5. The van der Waals surface area contributed by atoms with Gasteiger partial charge in [-0.15, -0.1) is 0 Å². The van der Waals surface area contributed by atoms with Gasteiger partial charge in [0.25, 0.3) is 0 Å². The molecule has 0 N–H and O–H groups in total. The normalized spacial score (nSPS) is 14.2. The van der Waals surface area contributed by atoms with Gasteiger partial charge in [0.2, 0.25) is 5.91 Å². The van der Waals surface area contributed by atoms with E-state index in [0.717, 1.165) is 48.1 Å². The summed E-state index contributed by atoms with van der Waals surface area (Å²) in [5.41, 5.74) is 6.31. The second-order valence-corrected chi connectivity index (χ2v) is 10.1. The van der Waals surface area contributed by atoms with E-state index in [4.69, 9.17) is 4.74 Å². The lowest BCUT2D eigenvalue weighted by molar-refractivity contribution is -0.134. The molecule has 1 aliphatic carbocycles. The monoisotopic (exact) mass is 506 g/mol. The number of methoxy groups -OCH3 is 1. The Bertz CT molecular complexity index is 1460. The smallest absolute Gasteiger partial charge is 0.330 e. The highest BCUT2D eigenvalue weighted by molar-refractivity contribution is 5.95. The molecule has 0 atom stereocenters. The van der Waals surface area contributed by atoms with E-state index in [1.165, 1.54) is 36.1 Å². The van der Waals surface area contributed by atoms with Crippen LogP contribution in [0.1, 0.15) is 43.2 Å². The van der Waals surface area contributed by atoms with Crippen LogP contribution in [0.15, 0.2) is 85.1 Å². The molecule has 1 amide bonds. The fraction of sp³-hybridized carbons (Fsp3) is 0.273. The number of hydrogen-bond acceptors (Lipinski definition) is 3. The van der Waals surface area contributed by atoms with E-state index in [1.54, 1.807) is 6.08 Å². The number of carbonyl (C=O) groups excluding carboxylic acids is 2. The van der Waals surface area contributed by atoms with Gasteiger partial charge in [0.05, 0.1) is 13.7 Å². The van der Waals surface area contributed by atoms with Gasteiger partial charge in [-0.2, -0.15) is 0 Å². The molecule has 5 nitrogen and oxygen atoms in total. The molecule has 0 spiro atoms. The maximum absolute atomic E-state index is 13.8. The summed E-state index contributed by atoms with van der Waals surface area (Å²) in [7, 11) is 3.42. The maximum atomic E-state index is 13.8. The first-order chi connectivity index (χ1) is 18.5. The van der Waals surface area contributed by atoms with Crippen molar-refractivity contribution in [1.82, 2.24) is 4.57 Å². The summed E-state index contributed by atoms with van der Waals surface area (Å²) in [5.74, 6) is -0.177. The third-order valence-electron chi connectivity index (χ3n) is 7.53. The van der Waals surface area contributed by atoms with Crippen LogP contribution in [-0.4, -0.2) is 23.6 Å².